The third-order valence-electron chi connectivity index (χ3n) is 9.06. The average Bonchev–Trinajstić information content (AvgIpc) is 2.92. The first kappa shape index (κ1) is 17.2. The highest BCUT2D eigenvalue weighted by atomic mass is 32.1. The lowest BCUT2D eigenvalue weighted by atomic mass is 9.45. The maximum Gasteiger partial charge on any atom is 0.229 e. The van der Waals surface area contributed by atoms with Crippen LogP contribution >= 0.6 is 12.2 Å². The van der Waals surface area contributed by atoms with Gasteiger partial charge in [0.05, 0.1) is 0 Å². The molecule has 1 nitrogen and oxygen atoms in total. The normalized spacial score (nSPS) is 50.5. The molecule has 0 N–H and O–H groups in total. The van der Waals surface area contributed by atoms with Gasteiger partial charge in [0.15, 0.2) is 5.05 Å². The van der Waals surface area contributed by atoms with Gasteiger partial charge < -0.3 is 4.74 Å². The van der Waals surface area contributed by atoms with Crippen LogP contribution in [0.1, 0.15) is 78.1 Å². The zero-order valence-electron chi connectivity index (χ0n) is 15.4. The van der Waals surface area contributed by atoms with Crippen molar-refractivity contribution in [3.05, 3.63) is 0 Å². The van der Waals surface area contributed by atoms with E-state index < -0.39 is 6.86 Å². The first-order valence-corrected chi connectivity index (χ1v) is 10.6. The van der Waals surface area contributed by atoms with Crippen molar-refractivity contribution < 1.29 is 9.13 Å². The largest absolute Gasteiger partial charge is 0.456 e. The van der Waals surface area contributed by atoms with Crippen LogP contribution in [0.3, 0.4) is 0 Å². The summed E-state index contributed by atoms with van der Waals surface area (Å²) in [7, 11) is 0. The molecule has 0 saturated heterocycles. The Bertz CT molecular complexity index is 508. The molecule has 0 aromatic heterocycles. The molecule has 136 valence electrons. The molecule has 4 saturated carbocycles. The minimum atomic E-state index is -0.762. The van der Waals surface area contributed by atoms with Gasteiger partial charge >= 0.3 is 0 Å². The molecular weight excluding hydrogens is 319 g/mol. The molecule has 4 fully saturated rings. The quantitative estimate of drug-likeness (QED) is 0.539. The summed E-state index contributed by atoms with van der Waals surface area (Å²) in [6.45, 7) is 4.30. The fourth-order valence-corrected chi connectivity index (χ4v) is 8.27. The fraction of sp³-hybridized carbons (Fsp3) is 0.952. The summed E-state index contributed by atoms with van der Waals surface area (Å²) in [5.41, 5.74) is 0.849. The predicted molar refractivity (Wildman–Crippen MR) is 99.5 cm³/mol. The lowest BCUT2D eigenvalue weighted by molar-refractivity contribution is -0.107. The molecule has 0 spiro atoms. The first-order chi connectivity index (χ1) is 11.5. The SMILES string of the molecule is C[C@]12CC[C@H]3[C@@H](CCC4CCCC[C@@]43C)[C@@H]1CC[C@@H]2C(=S)OCF. The van der Waals surface area contributed by atoms with Gasteiger partial charge in [0, 0.05) is 5.92 Å². The summed E-state index contributed by atoms with van der Waals surface area (Å²) in [6.07, 6.45) is 13.7. The standard InChI is InChI=1S/C21H33FOS/c1-20-11-4-3-5-14(20)6-7-15-16-8-9-18(19(24)23-13-22)21(16,2)12-10-17(15)20/h14-18H,3-13H2,1-2H3/t14?,15-,16-,17-,18+,20-,21-/m0/s1. The second-order valence-corrected chi connectivity index (χ2v) is 10.1. The smallest absolute Gasteiger partial charge is 0.229 e. The van der Waals surface area contributed by atoms with Crippen molar-refractivity contribution in [2.24, 2.45) is 40.4 Å². The van der Waals surface area contributed by atoms with Crippen LogP contribution in [0.5, 0.6) is 0 Å². The van der Waals surface area contributed by atoms with Crippen LogP contribution in [0.2, 0.25) is 0 Å². The fourth-order valence-electron chi connectivity index (χ4n) is 7.84. The van der Waals surface area contributed by atoms with E-state index in [9.17, 15) is 4.39 Å². The van der Waals surface area contributed by atoms with E-state index in [0.29, 0.717) is 16.4 Å². The van der Waals surface area contributed by atoms with E-state index in [1.54, 1.807) is 0 Å². The third-order valence-corrected chi connectivity index (χ3v) is 9.47. The number of fused-ring (bicyclic) bond motifs is 5. The van der Waals surface area contributed by atoms with Gasteiger partial charge in [0.2, 0.25) is 6.86 Å². The van der Waals surface area contributed by atoms with Crippen molar-refractivity contribution in [2.75, 3.05) is 6.86 Å². The summed E-state index contributed by atoms with van der Waals surface area (Å²) in [5.74, 6) is 3.85. The molecule has 0 heterocycles. The molecule has 1 unspecified atom stereocenters. The predicted octanol–water partition coefficient (Wildman–Crippen LogP) is 6.31. The zero-order valence-corrected chi connectivity index (χ0v) is 16.2. The van der Waals surface area contributed by atoms with E-state index in [2.05, 4.69) is 13.8 Å². The molecule has 0 radical (unpaired) electrons. The van der Waals surface area contributed by atoms with E-state index in [4.69, 9.17) is 17.0 Å². The van der Waals surface area contributed by atoms with Gasteiger partial charge in [-0.15, -0.1) is 0 Å². The van der Waals surface area contributed by atoms with Crippen LogP contribution in [0, 0.1) is 40.4 Å². The molecular formula is C21H33FOS. The number of hydrogen-bond donors (Lipinski definition) is 0. The molecule has 0 aliphatic heterocycles. The lowest BCUT2D eigenvalue weighted by Gasteiger charge is -2.60. The van der Waals surface area contributed by atoms with Crippen LogP contribution in [-0.4, -0.2) is 11.9 Å². The van der Waals surface area contributed by atoms with E-state index in [1.807, 2.05) is 0 Å². The Hall–Kier alpha value is -0.180. The summed E-state index contributed by atoms with van der Waals surface area (Å²) in [5, 5.41) is 0.554. The zero-order chi connectivity index (χ0) is 16.9. The van der Waals surface area contributed by atoms with Crippen LogP contribution in [0.4, 0.5) is 4.39 Å². The van der Waals surface area contributed by atoms with Gasteiger partial charge in [0.1, 0.15) is 0 Å². The minimum Gasteiger partial charge on any atom is -0.456 e. The van der Waals surface area contributed by atoms with Crippen molar-refractivity contribution in [3.8, 4) is 0 Å². The van der Waals surface area contributed by atoms with Crippen LogP contribution < -0.4 is 0 Å². The van der Waals surface area contributed by atoms with E-state index in [1.165, 1.54) is 57.8 Å². The Morgan fingerprint density at radius 1 is 0.958 bits per heavy atom. The van der Waals surface area contributed by atoms with Crippen LogP contribution in [0.25, 0.3) is 0 Å². The topological polar surface area (TPSA) is 9.23 Å². The second-order valence-electron chi connectivity index (χ2n) is 9.65. The van der Waals surface area contributed by atoms with Crippen molar-refractivity contribution in [1.29, 1.82) is 0 Å². The molecule has 4 rings (SSSR count). The van der Waals surface area contributed by atoms with E-state index in [0.717, 1.165) is 30.1 Å². The molecule has 4 aliphatic carbocycles. The molecule has 4 aliphatic rings. The highest BCUT2D eigenvalue weighted by Gasteiger charge is 2.60. The van der Waals surface area contributed by atoms with Crippen LogP contribution in [-0.2, 0) is 4.74 Å². The maximum atomic E-state index is 12.6. The van der Waals surface area contributed by atoms with Crippen molar-refractivity contribution >= 4 is 17.3 Å². The Kier molecular flexibility index (Phi) is 4.46. The number of hydrogen-bond acceptors (Lipinski definition) is 2. The van der Waals surface area contributed by atoms with E-state index >= 15 is 0 Å². The highest BCUT2D eigenvalue weighted by Crippen LogP contribution is 2.67. The summed E-state index contributed by atoms with van der Waals surface area (Å²) < 4.78 is 17.8. The molecule has 0 aromatic carbocycles. The van der Waals surface area contributed by atoms with Crippen molar-refractivity contribution in [3.63, 3.8) is 0 Å². The molecule has 7 atom stereocenters. The minimum absolute atomic E-state index is 0.255. The van der Waals surface area contributed by atoms with Gasteiger partial charge in [-0.2, -0.15) is 0 Å². The molecule has 24 heavy (non-hydrogen) atoms. The third kappa shape index (κ3) is 2.40. The van der Waals surface area contributed by atoms with Crippen molar-refractivity contribution in [1.82, 2.24) is 0 Å². The second kappa shape index (κ2) is 6.21. The maximum absolute atomic E-state index is 12.6. The number of halogens is 1. The molecule has 0 amide bonds. The summed E-state index contributed by atoms with van der Waals surface area (Å²) in [6, 6.07) is 0. The summed E-state index contributed by atoms with van der Waals surface area (Å²) >= 11 is 5.45. The van der Waals surface area contributed by atoms with Gasteiger partial charge in [-0.05, 0) is 98.1 Å². The average molecular weight is 353 g/mol. The van der Waals surface area contributed by atoms with Gasteiger partial charge in [-0.3, -0.25) is 0 Å². The highest BCUT2D eigenvalue weighted by molar-refractivity contribution is 7.80. The van der Waals surface area contributed by atoms with Crippen LogP contribution in [0.15, 0.2) is 0 Å². The number of rotatable bonds is 2. The van der Waals surface area contributed by atoms with E-state index in [-0.39, 0.29) is 5.41 Å². The molecule has 0 bridgehead atoms. The Balaban J connectivity index is 1.58. The molecule has 0 aromatic rings. The van der Waals surface area contributed by atoms with Gasteiger partial charge in [-0.25, -0.2) is 4.39 Å². The molecule has 3 heteroatoms. The monoisotopic (exact) mass is 352 g/mol. The number of ether oxygens (including phenoxy) is 1. The first-order valence-electron chi connectivity index (χ1n) is 10.2. The van der Waals surface area contributed by atoms with Gasteiger partial charge in [-0.1, -0.05) is 26.7 Å². The van der Waals surface area contributed by atoms with Crippen molar-refractivity contribution in [2.45, 2.75) is 78.1 Å². The Morgan fingerprint density at radius 2 is 1.75 bits per heavy atom. The Labute approximate surface area is 152 Å². The Morgan fingerprint density at radius 3 is 2.54 bits per heavy atom. The number of thiocarbonyl (C=S) groups is 1. The van der Waals surface area contributed by atoms with Gasteiger partial charge in [0.25, 0.3) is 0 Å². The lowest BCUT2D eigenvalue weighted by Crippen LogP contribution is -2.53. The number of alkyl halides is 1. The summed E-state index contributed by atoms with van der Waals surface area (Å²) in [4.78, 5) is 0.